The van der Waals surface area contributed by atoms with Gasteiger partial charge in [-0.05, 0) is 0 Å². The topological polar surface area (TPSA) is 77.0 Å². The van der Waals surface area contributed by atoms with Gasteiger partial charge in [0.15, 0.2) is 0 Å². The summed E-state index contributed by atoms with van der Waals surface area (Å²) in [6, 6.07) is 0. The average molecular weight is 241 g/mol. The zero-order chi connectivity index (χ0) is 12.4. The Balaban J connectivity index is 2.70. The van der Waals surface area contributed by atoms with Gasteiger partial charge in [-0.1, -0.05) is 0 Å². The summed E-state index contributed by atoms with van der Waals surface area (Å²) in [5, 5.41) is 6.36. The normalized spacial score (nSPS) is 24.3. The van der Waals surface area contributed by atoms with Crippen LogP contribution in [0.4, 0.5) is 17.6 Å². The van der Waals surface area contributed by atoms with Crippen LogP contribution in [0.1, 0.15) is 0 Å². The van der Waals surface area contributed by atoms with E-state index in [2.05, 4.69) is 15.0 Å². The summed E-state index contributed by atoms with van der Waals surface area (Å²) in [4.78, 5) is 10.9. The highest BCUT2D eigenvalue weighted by Gasteiger charge is 2.46. The minimum absolute atomic E-state index is 0.900. The maximum atomic E-state index is 12.5. The molecule has 1 aliphatic rings. The van der Waals surface area contributed by atoms with Gasteiger partial charge in [-0.2, -0.15) is 13.9 Å². The number of alkyl halides is 4. The Hall–Kier alpha value is -1.51. The quantitative estimate of drug-likeness (QED) is 0.730. The van der Waals surface area contributed by atoms with Crippen LogP contribution < -0.4 is 5.73 Å². The van der Waals surface area contributed by atoms with Gasteiger partial charge in [-0.25, -0.2) is 8.78 Å². The van der Waals surface area contributed by atoms with Crippen LogP contribution >= 0.6 is 0 Å². The van der Waals surface area contributed by atoms with Gasteiger partial charge in [0.1, 0.15) is 6.61 Å². The standard InChI is InChI=1S/C7H7F4N3O2/c8-4(9)6(10,11)3-16-7(5(12)15)1-2-13-14-7/h1-2,4H,3H2,(H2,12,15). The molecule has 5 nitrogen and oxygen atoms in total. The molecule has 1 aliphatic heterocycles. The SMILES string of the molecule is NC(=O)C1(OCC(F)(F)C(F)F)C=CN=N1. The summed E-state index contributed by atoms with van der Waals surface area (Å²) < 4.78 is 52.9. The van der Waals surface area contributed by atoms with Gasteiger partial charge in [-0.3, -0.25) is 4.79 Å². The fourth-order valence-electron chi connectivity index (χ4n) is 0.836. The number of halogens is 4. The van der Waals surface area contributed by atoms with Crippen molar-refractivity contribution in [2.24, 2.45) is 16.0 Å². The maximum absolute atomic E-state index is 12.5. The Morgan fingerprint density at radius 3 is 2.56 bits per heavy atom. The molecule has 90 valence electrons. The molecular formula is C7H7F4N3O2. The Labute approximate surface area is 87.0 Å². The molecule has 1 amide bonds. The highest BCUT2D eigenvalue weighted by atomic mass is 19.3. The van der Waals surface area contributed by atoms with Gasteiger partial charge in [-0.15, -0.1) is 5.11 Å². The van der Waals surface area contributed by atoms with Gasteiger partial charge >= 0.3 is 12.3 Å². The van der Waals surface area contributed by atoms with Crippen molar-refractivity contribution in [1.29, 1.82) is 0 Å². The molecule has 9 heteroatoms. The maximum Gasteiger partial charge on any atom is 0.330 e. The van der Waals surface area contributed by atoms with Crippen molar-refractivity contribution >= 4 is 5.91 Å². The number of nitrogens with two attached hydrogens (primary N) is 1. The zero-order valence-electron chi connectivity index (χ0n) is 7.74. The third kappa shape index (κ3) is 2.35. The number of rotatable bonds is 5. The number of carbonyl (C=O) groups excluding carboxylic acids is 1. The molecule has 1 rings (SSSR count). The van der Waals surface area contributed by atoms with Crippen LogP contribution in [0.15, 0.2) is 22.5 Å². The third-order valence-corrected chi connectivity index (χ3v) is 1.73. The van der Waals surface area contributed by atoms with Crippen molar-refractivity contribution in [3.8, 4) is 0 Å². The molecular weight excluding hydrogens is 234 g/mol. The van der Waals surface area contributed by atoms with E-state index in [4.69, 9.17) is 5.73 Å². The summed E-state index contributed by atoms with van der Waals surface area (Å²) in [5.74, 6) is -5.59. The molecule has 0 aliphatic carbocycles. The first-order valence-corrected chi connectivity index (χ1v) is 4.00. The largest absolute Gasteiger partial charge is 0.365 e. The molecule has 0 fully saturated rings. The fraction of sp³-hybridized carbons (Fsp3) is 0.571. The minimum atomic E-state index is -4.38. The van der Waals surface area contributed by atoms with E-state index in [1.54, 1.807) is 0 Å². The summed E-state index contributed by atoms with van der Waals surface area (Å²) in [5.41, 5.74) is 2.63. The molecule has 0 spiro atoms. The van der Waals surface area contributed by atoms with Crippen molar-refractivity contribution in [1.82, 2.24) is 0 Å². The van der Waals surface area contributed by atoms with E-state index in [-0.39, 0.29) is 0 Å². The molecule has 0 saturated carbocycles. The Morgan fingerprint density at radius 1 is 1.56 bits per heavy atom. The number of azo groups is 1. The van der Waals surface area contributed by atoms with Crippen LogP contribution in [-0.4, -0.2) is 30.6 Å². The van der Waals surface area contributed by atoms with E-state index < -0.39 is 30.6 Å². The van der Waals surface area contributed by atoms with Crippen molar-refractivity contribution in [3.63, 3.8) is 0 Å². The van der Waals surface area contributed by atoms with E-state index in [0.29, 0.717) is 0 Å². The lowest BCUT2D eigenvalue weighted by atomic mass is 10.2. The molecule has 1 atom stereocenters. The second-order valence-electron chi connectivity index (χ2n) is 2.94. The number of carbonyl (C=O) groups is 1. The van der Waals surface area contributed by atoms with Gasteiger partial charge in [0.05, 0.1) is 6.20 Å². The number of amides is 1. The highest BCUT2D eigenvalue weighted by molar-refractivity contribution is 5.85. The Kier molecular flexibility index (Phi) is 3.27. The molecule has 0 aromatic carbocycles. The summed E-state index contributed by atoms with van der Waals surface area (Å²) in [6.07, 6.45) is -2.01. The number of hydrogen-bond acceptors (Lipinski definition) is 4. The highest BCUT2D eigenvalue weighted by Crippen LogP contribution is 2.28. The summed E-state index contributed by atoms with van der Waals surface area (Å²) >= 11 is 0. The Morgan fingerprint density at radius 2 is 2.19 bits per heavy atom. The molecule has 0 aromatic rings. The molecule has 1 heterocycles. The lowest BCUT2D eigenvalue weighted by molar-refractivity contribution is -0.188. The number of primary amides is 1. The number of ether oxygens (including phenoxy) is 1. The van der Waals surface area contributed by atoms with Crippen LogP contribution in [-0.2, 0) is 9.53 Å². The predicted molar refractivity (Wildman–Crippen MR) is 42.8 cm³/mol. The van der Waals surface area contributed by atoms with Crippen LogP contribution in [0.5, 0.6) is 0 Å². The first kappa shape index (κ1) is 12.6. The summed E-state index contributed by atoms with van der Waals surface area (Å²) in [6.45, 7) is -1.68. The van der Waals surface area contributed by atoms with Gasteiger partial charge in [0.2, 0.25) is 0 Å². The van der Waals surface area contributed by atoms with Crippen LogP contribution in [0.25, 0.3) is 0 Å². The molecule has 0 bridgehead atoms. The van der Waals surface area contributed by atoms with Gasteiger partial charge in [0, 0.05) is 6.08 Å². The smallest absolute Gasteiger partial charge is 0.330 e. The molecule has 2 N–H and O–H groups in total. The Bertz CT molecular complexity index is 331. The zero-order valence-corrected chi connectivity index (χ0v) is 7.74. The fourth-order valence-corrected chi connectivity index (χ4v) is 0.836. The number of hydrogen-bond donors (Lipinski definition) is 1. The monoisotopic (exact) mass is 241 g/mol. The molecule has 0 aromatic heterocycles. The number of nitrogens with zero attached hydrogens (tertiary/aromatic N) is 2. The average Bonchev–Trinajstić information content (AvgIpc) is 2.64. The van der Waals surface area contributed by atoms with Gasteiger partial charge < -0.3 is 10.5 Å². The van der Waals surface area contributed by atoms with E-state index >= 15 is 0 Å². The van der Waals surface area contributed by atoms with Crippen molar-refractivity contribution in [2.45, 2.75) is 18.1 Å². The lowest BCUT2D eigenvalue weighted by Gasteiger charge is -2.22. The first-order valence-electron chi connectivity index (χ1n) is 4.00. The van der Waals surface area contributed by atoms with Crippen LogP contribution in [0.2, 0.25) is 0 Å². The molecule has 0 saturated heterocycles. The van der Waals surface area contributed by atoms with Crippen LogP contribution in [0, 0.1) is 0 Å². The van der Waals surface area contributed by atoms with E-state index in [1.165, 1.54) is 0 Å². The molecule has 0 radical (unpaired) electrons. The van der Waals surface area contributed by atoms with Gasteiger partial charge in [0.25, 0.3) is 11.6 Å². The predicted octanol–water partition coefficient (Wildman–Crippen LogP) is 1.06. The molecule has 1 unspecified atom stereocenters. The second-order valence-corrected chi connectivity index (χ2v) is 2.94. The second kappa shape index (κ2) is 4.16. The van der Waals surface area contributed by atoms with E-state index in [1.807, 2.05) is 0 Å². The minimum Gasteiger partial charge on any atom is -0.365 e. The summed E-state index contributed by atoms with van der Waals surface area (Å²) in [7, 11) is 0. The van der Waals surface area contributed by atoms with E-state index in [9.17, 15) is 22.4 Å². The van der Waals surface area contributed by atoms with Crippen molar-refractivity contribution in [2.75, 3.05) is 6.61 Å². The van der Waals surface area contributed by atoms with Crippen LogP contribution in [0.3, 0.4) is 0 Å². The van der Waals surface area contributed by atoms with E-state index in [0.717, 1.165) is 12.3 Å². The third-order valence-electron chi connectivity index (χ3n) is 1.73. The van der Waals surface area contributed by atoms with Crippen molar-refractivity contribution < 1.29 is 27.1 Å². The molecule has 16 heavy (non-hydrogen) atoms. The van der Waals surface area contributed by atoms with Crippen molar-refractivity contribution in [3.05, 3.63) is 12.3 Å². The lowest BCUT2D eigenvalue weighted by Crippen LogP contribution is -2.45. The first-order chi connectivity index (χ1) is 7.30.